The topological polar surface area (TPSA) is 154 Å². The summed E-state index contributed by atoms with van der Waals surface area (Å²) in [7, 11) is -1.98. The highest BCUT2D eigenvalue weighted by Gasteiger charge is 2.35. The van der Waals surface area contributed by atoms with E-state index in [2.05, 4.69) is 14.9 Å². The minimum Gasteiger partial charge on any atom is -0.486 e. The third kappa shape index (κ3) is 7.93. The second-order valence-electron chi connectivity index (χ2n) is 11.8. The fourth-order valence-electron chi connectivity index (χ4n) is 5.40. The van der Waals surface area contributed by atoms with Gasteiger partial charge in [0.15, 0.2) is 5.75 Å². The fourth-order valence-corrected chi connectivity index (χ4v) is 7.46. The number of aliphatic hydroxyl groups excluding tert-OH is 1. The van der Waals surface area contributed by atoms with Gasteiger partial charge in [-0.2, -0.15) is 0 Å². The lowest BCUT2D eigenvalue weighted by molar-refractivity contribution is 0.0344. The average molecular weight is 678 g/mol. The number of hydrogen-bond acceptors (Lipinski definition) is 9. The van der Waals surface area contributed by atoms with Crippen LogP contribution in [0.5, 0.6) is 5.75 Å². The molecule has 0 saturated heterocycles. The Hall–Kier alpha value is -4.43. The molecular formula is C34H39N5O6S2. The molecule has 1 aliphatic rings. The maximum absolute atomic E-state index is 13.8. The van der Waals surface area contributed by atoms with Crippen molar-refractivity contribution >= 4 is 50.2 Å². The first-order valence-corrected chi connectivity index (χ1v) is 17.5. The Morgan fingerprint density at radius 1 is 1.09 bits per heavy atom. The minimum atomic E-state index is -3.92. The van der Waals surface area contributed by atoms with E-state index < -0.39 is 22.2 Å². The van der Waals surface area contributed by atoms with Crippen molar-refractivity contribution in [2.75, 3.05) is 42.5 Å². The summed E-state index contributed by atoms with van der Waals surface area (Å²) in [5.41, 5.74) is 8.83. The van der Waals surface area contributed by atoms with E-state index in [0.29, 0.717) is 36.6 Å². The van der Waals surface area contributed by atoms with Crippen molar-refractivity contribution in [3.05, 3.63) is 101 Å². The quantitative estimate of drug-likeness (QED) is 0.166. The highest BCUT2D eigenvalue weighted by molar-refractivity contribution is 7.94. The van der Waals surface area contributed by atoms with Gasteiger partial charge in [-0.25, -0.2) is 8.42 Å². The number of ether oxygens (including phenoxy) is 1. The predicted octanol–water partition coefficient (Wildman–Crippen LogP) is 4.74. The number of thiophene rings is 1. The Morgan fingerprint density at radius 2 is 1.81 bits per heavy atom. The molecule has 248 valence electrons. The van der Waals surface area contributed by atoms with Crippen molar-refractivity contribution in [1.82, 2.24) is 9.80 Å². The zero-order valence-corrected chi connectivity index (χ0v) is 28.1. The van der Waals surface area contributed by atoms with E-state index in [1.165, 1.54) is 6.07 Å². The van der Waals surface area contributed by atoms with Crippen LogP contribution in [-0.4, -0.2) is 74.0 Å². The number of carbonyl (C=O) groups excluding carboxylic acids is 2. The van der Waals surface area contributed by atoms with Gasteiger partial charge in [-0.1, -0.05) is 43.3 Å². The molecule has 13 heteroatoms. The highest BCUT2D eigenvalue weighted by Crippen LogP contribution is 2.36. The molecule has 0 aliphatic carbocycles. The second-order valence-corrected chi connectivity index (χ2v) is 14.6. The molecule has 0 spiro atoms. The number of carbonyl (C=O) groups is 2. The van der Waals surface area contributed by atoms with Gasteiger partial charge < -0.3 is 25.8 Å². The molecule has 2 heterocycles. The van der Waals surface area contributed by atoms with Crippen LogP contribution in [-0.2, 0) is 16.6 Å². The number of nitrogens with zero attached hydrogens (tertiary/aromatic N) is 2. The molecule has 0 saturated carbocycles. The maximum Gasteiger partial charge on any atom is 0.271 e. The Morgan fingerprint density at radius 3 is 2.49 bits per heavy atom. The number of para-hydroxylation sites is 3. The molecule has 0 bridgehead atoms. The molecule has 1 aliphatic heterocycles. The van der Waals surface area contributed by atoms with E-state index >= 15 is 0 Å². The Kier molecular flexibility index (Phi) is 10.5. The normalized spacial score (nSPS) is 17.3. The number of sulfonamides is 1. The third-order valence-corrected chi connectivity index (χ3v) is 10.8. The Bertz CT molecular complexity index is 1810. The molecular weight excluding hydrogens is 639 g/mol. The second kappa shape index (κ2) is 14.6. The SMILES string of the molecule is C[C@H](CO)N1C[C@H](C)[C@@H](CN(C)Cc2ccc(C(=O)Nc3ccccc3N)cc2)Oc2c(NS(=O)(=O)c3cccs3)cccc2C1=O. The van der Waals surface area contributed by atoms with Crippen LogP contribution in [0.4, 0.5) is 17.1 Å². The number of amides is 2. The van der Waals surface area contributed by atoms with Crippen molar-refractivity contribution < 1.29 is 27.9 Å². The van der Waals surface area contributed by atoms with E-state index in [1.54, 1.807) is 77.9 Å². The van der Waals surface area contributed by atoms with Crippen LogP contribution in [0, 0.1) is 5.92 Å². The number of nitrogens with two attached hydrogens (primary N) is 1. The standard InChI is InChI=1S/C34H39N5O6S2/c1-22-18-39(23(2)21-40)34(42)26-8-6-11-29(37-47(43,44)31-12-7-17-46-31)32(26)45-30(22)20-38(3)19-24-13-15-25(16-14-24)33(41)36-28-10-5-4-9-27(28)35/h4-17,22-23,30,37,40H,18-21,35H2,1-3H3,(H,36,41)/t22-,23+,30+/m0/s1. The summed E-state index contributed by atoms with van der Waals surface area (Å²) in [6.07, 6.45) is -0.450. The first kappa shape index (κ1) is 33.9. The number of rotatable bonds is 11. The molecule has 5 N–H and O–H groups in total. The number of likely N-dealkylation sites (N-methyl/N-ethyl adjacent to an activating group) is 1. The lowest BCUT2D eigenvalue weighted by atomic mass is 9.99. The van der Waals surface area contributed by atoms with Crippen molar-refractivity contribution in [2.45, 2.75) is 36.7 Å². The smallest absolute Gasteiger partial charge is 0.271 e. The van der Waals surface area contributed by atoms with Gasteiger partial charge in [0.05, 0.1) is 35.3 Å². The molecule has 11 nitrogen and oxygen atoms in total. The van der Waals surface area contributed by atoms with Gasteiger partial charge in [-0.3, -0.25) is 19.2 Å². The zero-order valence-electron chi connectivity index (χ0n) is 26.4. The lowest BCUT2D eigenvalue weighted by Crippen LogP contribution is -2.49. The summed E-state index contributed by atoms with van der Waals surface area (Å²) in [5, 5.41) is 14.5. The van der Waals surface area contributed by atoms with Crippen LogP contribution in [0.1, 0.15) is 40.1 Å². The summed E-state index contributed by atoms with van der Waals surface area (Å²) < 4.78 is 35.7. The van der Waals surface area contributed by atoms with E-state index in [0.717, 1.165) is 16.9 Å². The van der Waals surface area contributed by atoms with Gasteiger partial charge >= 0.3 is 0 Å². The molecule has 47 heavy (non-hydrogen) atoms. The fraction of sp³-hybridized carbons (Fsp3) is 0.294. The molecule has 1 aromatic heterocycles. The first-order chi connectivity index (χ1) is 22.5. The summed E-state index contributed by atoms with van der Waals surface area (Å²) in [6, 6.07) is 21.9. The van der Waals surface area contributed by atoms with Gasteiger partial charge in [-0.05, 0) is 67.4 Å². The van der Waals surface area contributed by atoms with Crippen molar-refractivity contribution in [3.63, 3.8) is 0 Å². The molecule has 2 amide bonds. The number of benzene rings is 3. The molecule has 4 aromatic rings. The number of nitrogen functional groups attached to an aromatic ring is 1. The minimum absolute atomic E-state index is 0.139. The summed E-state index contributed by atoms with van der Waals surface area (Å²) in [5.74, 6) is -0.648. The van der Waals surface area contributed by atoms with Crippen LogP contribution < -0.4 is 20.5 Å². The predicted molar refractivity (Wildman–Crippen MR) is 184 cm³/mol. The van der Waals surface area contributed by atoms with Crippen molar-refractivity contribution in [3.8, 4) is 5.75 Å². The van der Waals surface area contributed by atoms with Gasteiger partial charge in [0, 0.05) is 31.1 Å². The van der Waals surface area contributed by atoms with Crippen LogP contribution in [0.3, 0.4) is 0 Å². The molecule has 0 fully saturated rings. The van der Waals surface area contributed by atoms with Gasteiger partial charge in [0.2, 0.25) is 0 Å². The number of fused-ring (bicyclic) bond motifs is 1. The lowest BCUT2D eigenvalue weighted by Gasteiger charge is -2.38. The monoisotopic (exact) mass is 677 g/mol. The van der Waals surface area contributed by atoms with Crippen LogP contribution in [0.2, 0.25) is 0 Å². The summed E-state index contributed by atoms with van der Waals surface area (Å²) in [4.78, 5) is 30.2. The molecule has 3 atom stereocenters. The Labute approximate surface area is 279 Å². The van der Waals surface area contributed by atoms with Crippen molar-refractivity contribution in [2.24, 2.45) is 5.92 Å². The molecule has 0 unspecified atom stereocenters. The van der Waals surface area contributed by atoms with E-state index in [9.17, 15) is 23.1 Å². The number of aliphatic hydroxyl groups is 1. The largest absolute Gasteiger partial charge is 0.486 e. The maximum atomic E-state index is 13.8. The third-order valence-electron chi connectivity index (χ3n) is 8.06. The van der Waals surface area contributed by atoms with Crippen LogP contribution >= 0.6 is 11.3 Å². The van der Waals surface area contributed by atoms with Gasteiger partial charge in [0.1, 0.15) is 10.3 Å². The van der Waals surface area contributed by atoms with Crippen LogP contribution in [0.25, 0.3) is 0 Å². The summed E-state index contributed by atoms with van der Waals surface area (Å²) >= 11 is 1.09. The van der Waals surface area contributed by atoms with E-state index in [-0.39, 0.29) is 45.5 Å². The van der Waals surface area contributed by atoms with Gasteiger partial charge in [-0.15, -0.1) is 11.3 Å². The molecule has 3 aromatic carbocycles. The van der Waals surface area contributed by atoms with Gasteiger partial charge in [0.25, 0.3) is 21.8 Å². The summed E-state index contributed by atoms with van der Waals surface area (Å²) in [6.45, 7) is 4.83. The number of anilines is 3. The van der Waals surface area contributed by atoms with Crippen molar-refractivity contribution in [1.29, 1.82) is 0 Å². The highest BCUT2D eigenvalue weighted by atomic mass is 32.2. The average Bonchev–Trinajstić information content (AvgIpc) is 3.61. The van der Waals surface area contributed by atoms with E-state index in [1.807, 2.05) is 26.1 Å². The van der Waals surface area contributed by atoms with E-state index in [4.69, 9.17) is 10.5 Å². The number of hydrogen-bond donors (Lipinski definition) is 4. The molecule has 5 rings (SSSR count). The first-order valence-electron chi connectivity index (χ1n) is 15.2. The van der Waals surface area contributed by atoms with Crippen LogP contribution in [0.15, 0.2) is 88.5 Å². The Balaban J connectivity index is 1.36. The number of nitrogens with one attached hydrogen (secondary N) is 2. The zero-order chi connectivity index (χ0) is 33.7. The molecule has 0 radical (unpaired) electrons.